The van der Waals surface area contributed by atoms with Gasteiger partial charge in [0, 0.05) is 24.3 Å². The molecule has 1 aliphatic carbocycles. The van der Waals surface area contributed by atoms with Crippen LogP contribution in [0.4, 0.5) is 5.69 Å². The Morgan fingerprint density at radius 3 is 2.71 bits per heavy atom. The highest BCUT2D eigenvalue weighted by atomic mass is 15.2. The Labute approximate surface area is 129 Å². The van der Waals surface area contributed by atoms with Crippen molar-refractivity contribution >= 4 is 5.69 Å². The van der Waals surface area contributed by atoms with Gasteiger partial charge in [-0.3, -0.25) is 0 Å². The van der Waals surface area contributed by atoms with Crippen molar-refractivity contribution in [3.63, 3.8) is 0 Å². The van der Waals surface area contributed by atoms with Gasteiger partial charge in [0.05, 0.1) is 0 Å². The summed E-state index contributed by atoms with van der Waals surface area (Å²) >= 11 is 0. The quantitative estimate of drug-likeness (QED) is 0.875. The molecule has 3 atom stereocenters. The molecule has 0 amide bonds. The summed E-state index contributed by atoms with van der Waals surface area (Å²) in [5.41, 5.74) is 3.02. The smallest absolute Gasteiger partial charge is 0.0417 e. The number of fused-ring (bicyclic) bond motifs is 1. The number of nitrogens with one attached hydrogen (secondary N) is 1. The van der Waals surface area contributed by atoms with Crippen LogP contribution in [0.5, 0.6) is 0 Å². The van der Waals surface area contributed by atoms with Crippen LogP contribution in [0.1, 0.15) is 64.0 Å². The summed E-state index contributed by atoms with van der Waals surface area (Å²) in [6.07, 6.45) is 8.24. The first-order valence-electron chi connectivity index (χ1n) is 8.94. The van der Waals surface area contributed by atoms with Gasteiger partial charge >= 0.3 is 0 Å². The number of para-hydroxylation sites is 1. The van der Waals surface area contributed by atoms with E-state index in [0.29, 0.717) is 6.04 Å². The average Bonchev–Trinajstić information content (AvgIpc) is 2.55. The first-order chi connectivity index (χ1) is 10.3. The van der Waals surface area contributed by atoms with E-state index in [1.807, 2.05) is 0 Å². The minimum absolute atomic E-state index is 0.547. The summed E-state index contributed by atoms with van der Waals surface area (Å²) in [6, 6.07) is 10.4. The third kappa shape index (κ3) is 2.96. The summed E-state index contributed by atoms with van der Waals surface area (Å²) in [5, 5.41) is 3.66. The first kappa shape index (κ1) is 14.9. The van der Waals surface area contributed by atoms with E-state index in [2.05, 4.69) is 48.3 Å². The molecule has 1 N–H and O–H groups in total. The van der Waals surface area contributed by atoms with Gasteiger partial charge in [0.25, 0.3) is 0 Å². The molecule has 0 aromatic heterocycles. The van der Waals surface area contributed by atoms with Gasteiger partial charge < -0.3 is 10.2 Å². The monoisotopic (exact) mass is 286 g/mol. The summed E-state index contributed by atoms with van der Waals surface area (Å²) in [6.45, 7) is 6.86. The molecule has 2 nitrogen and oxygen atoms in total. The third-order valence-electron chi connectivity index (χ3n) is 5.52. The highest BCUT2D eigenvalue weighted by molar-refractivity contribution is 5.58. The van der Waals surface area contributed by atoms with E-state index in [4.69, 9.17) is 0 Å². The molecule has 3 rings (SSSR count). The lowest BCUT2D eigenvalue weighted by Crippen LogP contribution is -2.46. The zero-order valence-electron chi connectivity index (χ0n) is 13.6. The van der Waals surface area contributed by atoms with Crippen LogP contribution < -0.4 is 10.2 Å². The van der Waals surface area contributed by atoms with Crippen molar-refractivity contribution < 1.29 is 0 Å². The minimum atomic E-state index is 0.547. The van der Waals surface area contributed by atoms with E-state index in [1.165, 1.54) is 56.3 Å². The predicted octanol–water partition coefficient (Wildman–Crippen LogP) is 4.52. The van der Waals surface area contributed by atoms with Gasteiger partial charge in [-0.15, -0.1) is 0 Å². The third-order valence-corrected chi connectivity index (χ3v) is 5.52. The molecule has 2 aliphatic rings. The minimum Gasteiger partial charge on any atom is -0.368 e. The molecule has 1 saturated carbocycles. The van der Waals surface area contributed by atoms with E-state index < -0.39 is 0 Å². The maximum atomic E-state index is 3.66. The van der Waals surface area contributed by atoms with Crippen LogP contribution in [-0.2, 0) is 0 Å². The highest BCUT2D eigenvalue weighted by Crippen LogP contribution is 2.40. The molecule has 0 saturated heterocycles. The highest BCUT2D eigenvalue weighted by Gasteiger charge is 2.33. The van der Waals surface area contributed by atoms with Crippen molar-refractivity contribution in [2.75, 3.05) is 18.0 Å². The number of nitrogens with zero attached hydrogens (tertiary/aromatic N) is 1. The van der Waals surface area contributed by atoms with Crippen LogP contribution in [-0.4, -0.2) is 19.1 Å². The van der Waals surface area contributed by atoms with Crippen LogP contribution in [0.15, 0.2) is 24.3 Å². The molecule has 116 valence electrons. The largest absolute Gasteiger partial charge is 0.368 e. The van der Waals surface area contributed by atoms with Crippen molar-refractivity contribution in [2.24, 2.45) is 5.92 Å². The van der Waals surface area contributed by atoms with Crippen LogP contribution in [0.2, 0.25) is 0 Å². The fourth-order valence-electron chi connectivity index (χ4n) is 4.47. The Hall–Kier alpha value is -1.02. The van der Waals surface area contributed by atoms with Crippen molar-refractivity contribution in [1.82, 2.24) is 5.32 Å². The van der Waals surface area contributed by atoms with Crippen molar-refractivity contribution in [3.05, 3.63) is 29.8 Å². The molecule has 1 fully saturated rings. The summed E-state index contributed by atoms with van der Waals surface area (Å²) in [4.78, 5) is 2.75. The van der Waals surface area contributed by atoms with Crippen LogP contribution in [0.25, 0.3) is 0 Å². The van der Waals surface area contributed by atoms with Gasteiger partial charge in [-0.25, -0.2) is 0 Å². The molecule has 21 heavy (non-hydrogen) atoms. The SMILES string of the molecule is CCNC1CCN(C2CCCCC2CC)c2ccccc21. The molecule has 0 spiro atoms. The van der Waals surface area contributed by atoms with Crippen molar-refractivity contribution in [1.29, 1.82) is 0 Å². The molecular formula is C19H30N2. The van der Waals surface area contributed by atoms with Gasteiger partial charge in [-0.05, 0) is 43.4 Å². The Kier molecular flexibility index (Phi) is 4.84. The Morgan fingerprint density at radius 1 is 1.10 bits per heavy atom. The fraction of sp³-hybridized carbons (Fsp3) is 0.684. The van der Waals surface area contributed by atoms with E-state index in [9.17, 15) is 0 Å². The summed E-state index contributed by atoms with van der Waals surface area (Å²) in [7, 11) is 0. The predicted molar refractivity (Wildman–Crippen MR) is 90.9 cm³/mol. The topological polar surface area (TPSA) is 15.3 Å². The molecule has 3 unspecified atom stereocenters. The molecular weight excluding hydrogens is 256 g/mol. The van der Waals surface area contributed by atoms with Crippen molar-refractivity contribution in [3.8, 4) is 0 Å². The van der Waals surface area contributed by atoms with Gasteiger partial charge in [-0.2, -0.15) is 0 Å². The average molecular weight is 286 g/mol. The lowest BCUT2D eigenvalue weighted by atomic mass is 9.80. The van der Waals surface area contributed by atoms with E-state index >= 15 is 0 Å². The van der Waals surface area contributed by atoms with Crippen LogP contribution in [0.3, 0.4) is 0 Å². The maximum absolute atomic E-state index is 3.66. The summed E-state index contributed by atoms with van der Waals surface area (Å²) in [5.74, 6) is 0.891. The molecule has 1 aromatic rings. The van der Waals surface area contributed by atoms with Crippen molar-refractivity contribution in [2.45, 2.75) is 64.5 Å². The molecule has 1 aromatic carbocycles. The number of hydrogen-bond donors (Lipinski definition) is 1. The maximum Gasteiger partial charge on any atom is 0.0417 e. The lowest BCUT2D eigenvalue weighted by molar-refractivity contribution is 0.278. The second-order valence-corrected chi connectivity index (χ2v) is 6.67. The number of hydrogen-bond acceptors (Lipinski definition) is 2. The van der Waals surface area contributed by atoms with Gasteiger partial charge in [-0.1, -0.05) is 51.3 Å². The molecule has 2 heteroatoms. The van der Waals surface area contributed by atoms with Crippen LogP contribution >= 0.6 is 0 Å². The Morgan fingerprint density at radius 2 is 1.90 bits per heavy atom. The lowest BCUT2D eigenvalue weighted by Gasteiger charge is -2.45. The Bertz CT molecular complexity index is 457. The second kappa shape index (κ2) is 6.83. The first-order valence-corrected chi connectivity index (χ1v) is 8.94. The van der Waals surface area contributed by atoms with Gasteiger partial charge in [0.1, 0.15) is 0 Å². The number of anilines is 1. The number of benzene rings is 1. The van der Waals surface area contributed by atoms with E-state index in [0.717, 1.165) is 18.5 Å². The molecule has 1 heterocycles. The van der Waals surface area contributed by atoms with Gasteiger partial charge in [0.15, 0.2) is 0 Å². The van der Waals surface area contributed by atoms with E-state index in [-0.39, 0.29) is 0 Å². The zero-order chi connectivity index (χ0) is 14.7. The number of rotatable bonds is 4. The van der Waals surface area contributed by atoms with Crippen LogP contribution in [0, 0.1) is 5.92 Å². The second-order valence-electron chi connectivity index (χ2n) is 6.67. The summed E-state index contributed by atoms with van der Waals surface area (Å²) < 4.78 is 0. The standard InChI is InChI=1S/C19H30N2/c1-3-15-9-5-7-11-18(15)21-14-13-17(20-4-2)16-10-6-8-12-19(16)21/h6,8,10,12,15,17-18,20H,3-5,7,9,11,13-14H2,1-2H3. The fourth-order valence-corrected chi connectivity index (χ4v) is 4.47. The molecule has 0 bridgehead atoms. The normalized spacial score (nSPS) is 29.2. The molecule has 1 aliphatic heterocycles. The zero-order valence-corrected chi connectivity index (χ0v) is 13.6. The van der Waals surface area contributed by atoms with E-state index in [1.54, 1.807) is 0 Å². The molecule has 0 radical (unpaired) electrons. The van der Waals surface area contributed by atoms with Gasteiger partial charge in [0.2, 0.25) is 0 Å². The Balaban J connectivity index is 1.88.